The Morgan fingerprint density at radius 3 is 2.33 bits per heavy atom. The number of rotatable bonds is 4. The largest absolute Gasteiger partial charge is 0.493 e. The van der Waals surface area contributed by atoms with Crippen molar-refractivity contribution < 1.29 is 9.47 Å². The third kappa shape index (κ3) is 3.20. The van der Waals surface area contributed by atoms with E-state index in [-0.39, 0.29) is 0 Å². The number of anilines is 3. The maximum Gasteiger partial charge on any atom is 0.162 e. The van der Waals surface area contributed by atoms with Gasteiger partial charge in [0.1, 0.15) is 0 Å². The van der Waals surface area contributed by atoms with Gasteiger partial charge in [-0.2, -0.15) is 5.26 Å². The van der Waals surface area contributed by atoms with Gasteiger partial charge < -0.3 is 20.5 Å². The zero-order valence-corrected chi connectivity index (χ0v) is 13.2. The van der Waals surface area contributed by atoms with Gasteiger partial charge >= 0.3 is 0 Å². The summed E-state index contributed by atoms with van der Waals surface area (Å²) in [4.78, 5) is 0. The second kappa shape index (κ2) is 6.37. The molecule has 0 atom stereocenters. The van der Waals surface area contributed by atoms with E-state index in [1.165, 1.54) is 0 Å². The number of methoxy groups -OCH3 is 2. The first-order chi connectivity index (χ1) is 10.1. The van der Waals surface area contributed by atoms with E-state index in [1.807, 2.05) is 0 Å². The molecule has 0 unspecified atom stereocenters. The molecule has 0 aliphatic carbocycles. The fourth-order valence-corrected chi connectivity index (χ4v) is 2.31. The Bertz CT molecular complexity index is 711. The van der Waals surface area contributed by atoms with Crippen LogP contribution in [0.2, 0.25) is 0 Å². The third-order valence-corrected chi connectivity index (χ3v) is 3.58. The van der Waals surface area contributed by atoms with Gasteiger partial charge in [0.25, 0.3) is 0 Å². The molecule has 21 heavy (non-hydrogen) atoms. The smallest absolute Gasteiger partial charge is 0.162 e. The minimum absolute atomic E-state index is 0.531. The van der Waals surface area contributed by atoms with Crippen LogP contribution in [0.4, 0.5) is 17.1 Å². The van der Waals surface area contributed by atoms with Crippen molar-refractivity contribution in [2.24, 2.45) is 0 Å². The number of ether oxygens (including phenoxy) is 2. The first-order valence-electron chi connectivity index (χ1n) is 6.07. The molecule has 0 radical (unpaired) electrons. The van der Waals surface area contributed by atoms with Crippen LogP contribution in [-0.2, 0) is 0 Å². The van der Waals surface area contributed by atoms with E-state index < -0.39 is 0 Å². The summed E-state index contributed by atoms with van der Waals surface area (Å²) in [7, 11) is 3.12. The molecule has 0 aliphatic rings. The van der Waals surface area contributed by atoms with E-state index in [2.05, 4.69) is 27.3 Å². The molecule has 0 amide bonds. The average Bonchev–Trinajstić information content (AvgIpc) is 2.50. The summed E-state index contributed by atoms with van der Waals surface area (Å²) in [5, 5.41) is 12.1. The molecule has 5 nitrogen and oxygen atoms in total. The molecule has 3 N–H and O–H groups in total. The van der Waals surface area contributed by atoms with Gasteiger partial charge in [-0.15, -0.1) is 0 Å². The molecule has 0 fully saturated rings. The molecule has 6 heteroatoms. The Morgan fingerprint density at radius 1 is 1.10 bits per heavy atom. The number of nitrogens with one attached hydrogen (secondary N) is 1. The van der Waals surface area contributed by atoms with Crippen LogP contribution in [-0.4, -0.2) is 14.2 Å². The Hall–Kier alpha value is -2.39. The maximum atomic E-state index is 8.87. The van der Waals surface area contributed by atoms with Gasteiger partial charge in [-0.3, -0.25) is 0 Å². The van der Waals surface area contributed by atoms with Crippen molar-refractivity contribution >= 4 is 33.0 Å². The second-order valence-corrected chi connectivity index (χ2v) is 5.08. The SMILES string of the molecule is COc1cc(N)c(Nc2ccc(C#N)cc2Br)cc1OC. The van der Waals surface area contributed by atoms with Gasteiger partial charge in [0.15, 0.2) is 11.5 Å². The number of nitrogens with two attached hydrogens (primary N) is 1. The van der Waals surface area contributed by atoms with E-state index in [9.17, 15) is 0 Å². The van der Waals surface area contributed by atoms with Crippen molar-refractivity contribution in [3.8, 4) is 17.6 Å². The molecule has 2 aromatic rings. The number of hydrogen-bond donors (Lipinski definition) is 2. The van der Waals surface area contributed by atoms with Crippen molar-refractivity contribution in [3.05, 3.63) is 40.4 Å². The summed E-state index contributed by atoms with van der Waals surface area (Å²) in [5.41, 5.74) is 8.61. The fraction of sp³-hybridized carbons (Fsp3) is 0.133. The Balaban J connectivity index is 2.38. The Kier molecular flexibility index (Phi) is 4.55. The first kappa shape index (κ1) is 15.0. The van der Waals surface area contributed by atoms with Gasteiger partial charge in [0, 0.05) is 16.6 Å². The molecule has 2 aromatic carbocycles. The molecule has 0 bridgehead atoms. The normalized spacial score (nSPS) is 9.81. The van der Waals surface area contributed by atoms with Crippen LogP contribution in [0.25, 0.3) is 0 Å². The predicted molar refractivity (Wildman–Crippen MR) is 86.1 cm³/mol. The molecule has 0 saturated carbocycles. The molecule has 0 aromatic heterocycles. The number of nitrogen functional groups attached to an aromatic ring is 1. The van der Waals surface area contributed by atoms with Crippen molar-refractivity contribution in [1.29, 1.82) is 5.26 Å². The quantitative estimate of drug-likeness (QED) is 0.824. The van der Waals surface area contributed by atoms with Crippen molar-refractivity contribution in [2.75, 3.05) is 25.3 Å². The van der Waals surface area contributed by atoms with Crippen LogP contribution in [0, 0.1) is 11.3 Å². The van der Waals surface area contributed by atoms with Crippen LogP contribution in [0.5, 0.6) is 11.5 Å². The van der Waals surface area contributed by atoms with E-state index >= 15 is 0 Å². The van der Waals surface area contributed by atoms with Gasteiger partial charge in [0.05, 0.1) is 42.9 Å². The second-order valence-electron chi connectivity index (χ2n) is 4.23. The highest BCUT2D eigenvalue weighted by molar-refractivity contribution is 9.10. The summed E-state index contributed by atoms with van der Waals surface area (Å²) < 4.78 is 11.2. The summed E-state index contributed by atoms with van der Waals surface area (Å²) in [5.74, 6) is 1.15. The summed E-state index contributed by atoms with van der Waals surface area (Å²) in [6.07, 6.45) is 0. The molecule has 0 spiro atoms. The average molecular weight is 348 g/mol. The molecule has 0 heterocycles. The lowest BCUT2D eigenvalue weighted by Gasteiger charge is -2.15. The third-order valence-electron chi connectivity index (χ3n) is 2.92. The lowest BCUT2D eigenvalue weighted by Crippen LogP contribution is -2.00. The molecular weight excluding hydrogens is 334 g/mol. The number of nitriles is 1. The van der Waals surface area contributed by atoms with Gasteiger partial charge in [-0.25, -0.2) is 0 Å². The zero-order chi connectivity index (χ0) is 15.4. The van der Waals surface area contributed by atoms with Crippen molar-refractivity contribution in [3.63, 3.8) is 0 Å². The number of benzene rings is 2. The van der Waals surface area contributed by atoms with Crippen LogP contribution in [0.3, 0.4) is 0 Å². The van der Waals surface area contributed by atoms with Crippen molar-refractivity contribution in [2.45, 2.75) is 0 Å². The number of nitrogens with zero attached hydrogens (tertiary/aromatic N) is 1. The maximum absolute atomic E-state index is 8.87. The van der Waals surface area contributed by atoms with E-state index in [0.717, 1.165) is 10.2 Å². The number of hydrogen-bond acceptors (Lipinski definition) is 5. The molecule has 2 rings (SSSR count). The van der Waals surface area contributed by atoms with E-state index in [1.54, 1.807) is 44.6 Å². The molecule has 108 valence electrons. The van der Waals surface area contributed by atoms with Crippen LogP contribution in [0.15, 0.2) is 34.8 Å². The van der Waals surface area contributed by atoms with Gasteiger partial charge in [-0.05, 0) is 34.1 Å². The lowest BCUT2D eigenvalue weighted by molar-refractivity contribution is 0.355. The van der Waals surface area contributed by atoms with Gasteiger partial charge in [-0.1, -0.05) is 0 Å². The van der Waals surface area contributed by atoms with Crippen molar-refractivity contribution in [1.82, 2.24) is 0 Å². The number of halogens is 1. The molecular formula is C15H14BrN3O2. The fourth-order valence-electron chi connectivity index (χ4n) is 1.83. The first-order valence-corrected chi connectivity index (χ1v) is 6.86. The minimum atomic E-state index is 0.531. The Labute approximate surface area is 131 Å². The highest BCUT2D eigenvalue weighted by atomic mass is 79.9. The standard InChI is InChI=1S/C15H14BrN3O2/c1-20-14-6-11(18)13(7-15(14)21-2)19-12-4-3-9(8-17)5-10(12)16/h3-7,19H,18H2,1-2H3. The summed E-state index contributed by atoms with van der Waals surface area (Å²) >= 11 is 3.42. The van der Waals surface area contributed by atoms with Crippen LogP contribution < -0.4 is 20.5 Å². The van der Waals surface area contributed by atoms with Crippen LogP contribution >= 0.6 is 15.9 Å². The lowest BCUT2D eigenvalue weighted by atomic mass is 10.2. The van der Waals surface area contributed by atoms with E-state index in [0.29, 0.717) is 28.4 Å². The highest BCUT2D eigenvalue weighted by Crippen LogP contribution is 2.37. The van der Waals surface area contributed by atoms with Crippen LogP contribution in [0.1, 0.15) is 5.56 Å². The molecule has 0 saturated heterocycles. The zero-order valence-electron chi connectivity index (χ0n) is 11.6. The Morgan fingerprint density at radius 2 is 1.76 bits per heavy atom. The highest BCUT2D eigenvalue weighted by Gasteiger charge is 2.10. The van der Waals surface area contributed by atoms with Gasteiger partial charge in [0.2, 0.25) is 0 Å². The molecule has 0 aliphatic heterocycles. The predicted octanol–water partition coefficient (Wildman–Crippen LogP) is 3.66. The summed E-state index contributed by atoms with van der Waals surface area (Å²) in [6, 6.07) is 10.8. The van der Waals surface area contributed by atoms with E-state index in [4.69, 9.17) is 20.5 Å². The summed E-state index contributed by atoms with van der Waals surface area (Å²) in [6.45, 7) is 0. The minimum Gasteiger partial charge on any atom is -0.493 e. The monoisotopic (exact) mass is 347 g/mol. The topological polar surface area (TPSA) is 80.3 Å².